The topological polar surface area (TPSA) is 35.9 Å². The Labute approximate surface area is 184 Å². The number of carbonyl (C=O) groups excluding carboxylic acids is 1. The Kier molecular flexibility index (Phi) is 6.26. The SMILES string of the molecule is Cc1ccc(C)c(C2=NN(C(=O)CN3CCCC[C@@H]3C)[C@@H](c3ccc(Cl)cc3)C2)c1. The van der Waals surface area contributed by atoms with Gasteiger partial charge in [0.15, 0.2) is 0 Å². The molecule has 2 aromatic carbocycles. The van der Waals surface area contributed by atoms with Crippen molar-refractivity contribution in [2.24, 2.45) is 5.10 Å². The molecule has 0 radical (unpaired) electrons. The number of rotatable bonds is 4. The second-order valence-corrected chi connectivity index (χ2v) is 9.13. The van der Waals surface area contributed by atoms with E-state index in [1.807, 2.05) is 24.3 Å². The average molecular weight is 424 g/mol. The molecule has 2 aromatic rings. The van der Waals surface area contributed by atoms with Gasteiger partial charge in [-0.05, 0) is 69.5 Å². The molecule has 2 heterocycles. The Morgan fingerprint density at radius 2 is 1.90 bits per heavy atom. The van der Waals surface area contributed by atoms with E-state index >= 15 is 0 Å². The van der Waals surface area contributed by atoms with Gasteiger partial charge in [-0.25, -0.2) is 5.01 Å². The lowest BCUT2D eigenvalue weighted by Gasteiger charge is -2.34. The van der Waals surface area contributed by atoms with Gasteiger partial charge in [0.25, 0.3) is 5.91 Å². The summed E-state index contributed by atoms with van der Waals surface area (Å²) in [5, 5.41) is 7.30. The summed E-state index contributed by atoms with van der Waals surface area (Å²) in [6.07, 6.45) is 4.28. The van der Waals surface area contributed by atoms with Crippen molar-refractivity contribution in [2.45, 2.75) is 58.5 Å². The highest BCUT2D eigenvalue weighted by molar-refractivity contribution is 6.30. The lowest BCUT2D eigenvalue weighted by molar-refractivity contribution is -0.135. The van der Waals surface area contributed by atoms with E-state index in [-0.39, 0.29) is 11.9 Å². The van der Waals surface area contributed by atoms with Crippen LogP contribution in [0.25, 0.3) is 0 Å². The van der Waals surface area contributed by atoms with E-state index < -0.39 is 0 Å². The molecule has 2 aliphatic heterocycles. The maximum absolute atomic E-state index is 13.4. The molecule has 5 heteroatoms. The smallest absolute Gasteiger partial charge is 0.257 e. The van der Waals surface area contributed by atoms with Crippen LogP contribution in [-0.2, 0) is 4.79 Å². The van der Waals surface area contributed by atoms with Crippen LogP contribution in [0.1, 0.15) is 60.9 Å². The highest BCUT2D eigenvalue weighted by Gasteiger charge is 2.35. The molecule has 4 rings (SSSR count). The average Bonchev–Trinajstić information content (AvgIpc) is 3.17. The molecule has 30 heavy (non-hydrogen) atoms. The third-order valence-corrected chi connectivity index (χ3v) is 6.66. The van der Waals surface area contributed by atoms with Crippen LogP contribution in [0.2, 0.25) is 5.02 Å². The zero-order valence-corrected chi connectivity index (χ0v) is 18.8. The van der Waals surface area contributed by atoms with Gasteiger partial charge in [0.1, 0.15) is 0 Å². The van der Waals surface area contributed by atoms with Gasteiger partial charge in [-0.3, -0.25) is 9.69 Å². The fourth-order valence-corrected chi connectivity index (χ4v) is 4.66. The van der Waals surface area contributed by atoms with Gasteiger partial charge in [0.05, 0.1) is 18.3 Å². The number of aryl methyl sites for hydroxylation is 2. The minimum absolute atomic E-state index is 0.0732. The number of piperidine rings is 1. The zero-order chi connectivity index (χ0) is 21.3. The molecule has 158 valence electrons. The molecule has 1 saturated heterocycles. The summed E-state index contributed by atoms with van der Waals surface area (Å²) < 4.78 is 0. The summed E-state index contributed by atoms with van der Waals surface area (Å²) in [7, 11) is 0. The Balaban J connectivity index is 1.64. The van der Waals surface area contributed by atoms with Crippen LogP contribution in [0.15, 0.2) is 47.6 Å². The standard InChI is InChI=1S/C25H30ClN3O/c1-17-7-8-18(2)22(14-17)23-15-24(20-9-11-21(26)12-10-20)29(27-23)25(30)16-28-13-5-4-6-19(28)3/h7-12,14,19,24H,4-6,13,15-16H2,1-3H3/t19-,24+/m0/s1. The lowest BCUT2D eigenvalue weighted by Crippen LogP contribution is -2.44. The molecule has 0 aromatic heterocycles. The van der Waals surface area contributed by atoms with Crippen LogP contribution < -0.4 is 0 Å². The maximum Gasteiger partial charge on any atom is 0.257 e. The van der Waals surface area contributed by atoms with E-state index in [0.29, 0.717) is 24.0 Å². The fourth-order valence-electron chi connectivity index (χ4n) is 4.53. The summed E-state index contributed by atoms with van der Waals surface area (Å²) in [6, 6.07) is 14.6. The van der Waals surface area contributed by atoms with Crippen LogP contribution in [0.5, 0.6) is 0 Å². The van der Waals surface area contributed by atoms with Crippen LogP contribution >= 0.6 is 11.6 Å². The van der Waals surface area contributed by atoms with E-state index in [0.717, 1.165) is 36.2 Å². The Morgan fingerprint density at radius 3 is 2.63 bits per heavy atom. The molecule has 0 saturated carbocycles. The third-order valence-electron chi connectivity index (χ3n) is 6.40. The number of amides is 1. The van der Waals surface area contributed by atoms with Gasteiger partial charge in [-0.2, -0.15) is 5.10 Å². The third kappa shape index (κ3) is 4.45. The van der Waals surface area contributed by atoms with Crippen molar-refractivity contribution in [2.75, 3.05) is 13.1 Å². The molecule has 0 unspecified atom stereocenters. The number of nitrogens with zero attached hydrogens (tertiary/aromatic N) is 3. The number of halogens is 1. The van der Waals surface area contributed by atoms with Gasteiger partial charge in [0, 0.05) is 23.0 Å². The van der Waals surface area contributed by atoms with Crippen molar-refractivity contribution in [3.8, 4) is 0 Å². The Morgan fingerprint density at radius 1 is 1.13 bits per heavy atom. The van der Waals surface area contributed by atoms with Crippen molar-refractivity contribution in [3.63, 3.8) is 0 Å². The van der Waals surface area contributed by atoms with Gasteiger partial charge in [-0.15, -0.1) is 0 Å². The van der Waals surface area contributed by atoms with Gasteiger partial charge in [-0.1, -0.05) is 47.9 Å². The first kappa shape index (κ1) is 21.1. The zero-order valence-electron chi connectivity index (χ0n) is 18.1. The second-order valence-electron chi connectivity index (χ2n) is 8.69. The maximum atomic E-state index is 13.4. The van der Waals surface area contributed by atoms with Crippen LogP contribution in [0, 0.1) is 13.8 Å². The molecule has 2 atom stereocenters. The van der Waals surface area contributed by atoms with E-state index in [2.05, 4.69) is 43.9 Å². The molecule has 0 aliphatic carbocycles. The molecular weight excluding hydrogens is 394 g/mol. The molecule has 4 nitrogen and oxygen atoms in total. The van der Waals surface area contributed by atoms with E-state index in [1.165, 1.54) is 17.5 Å². The monoisotopic (exact) mass is 423 g/mol. The van der Waals surface area contributed by atoms with Crippen molar-refractivity contribution >= 4 is 23.2 Å². The van der Waals surface area contributed by atoms with Crippen LogP contribution in [0.3, 0.4) is 0 Å². The Hall–Kier alpha value is -2.17. The number of hydrogen-bond acceptors (Lipinski definition) is 3. The van der Waals surface area contributed by atoms with Gasteiger partial charge < -0.3 is 0 Å². The number of hydrogen-bond donors (Lipinski definition) is 0. The van der Waals surface area contributed by atoms with E-state index in [9.17, 15) is 4.79 Å². The molecular formula is C25H30ClN3O. The van der Waals surface area contributed by atoms with Crippen LogP contribution in [-0.4, -0.2) is 40.7 Å². The van der Waals surface area contributed by atoms with Crippen molar-refractivity contribution in [1.82, 2.24) is 9.91 Å². The van der Waals surface area contributed by atoms with Crippen molar-refractivity contribution in [1.29, 1.82) is 0 Å². The van der Waals surface area contributed by atoms with Gasteiger partial charge in [0.2, 0.25) is 0 Å². The normalized spacial score (nSPS) is 22.3. The van der Waals surface area contributed by atoms with Crippen LogP contribution in [0.4, 0.5) is 0 Å². The highest BCUT2D eigenvalue weighted by Crippen LogP contribution is 2.34. The van der Waals surface area contributed by atoms with E-state index in [4.69, 9.17) is 16.7 Å². The summed E-state index contributed by atoms with van der Waals surface area (Å²) in [5.74, 6) is 0.0732. The predicted molar refractivity (Wildman–Crippen MR) is 123 cm³/mol. The molecule has 0 bridgehead atoms. The summed E-state index contributed by atoms with van der Waals surface area (Å²) in [4.78, 5) is 15.7. The summed E-state index contributed by atoms with van der Waals surface area (Å²) >= 11 is 6.11. The van der Waals surface area contributed by atoms with Gasteiger partial charge >= 0.3 is 0 Å². The quantitative estimate of drug-likeness (QED) is 0.650. The first-order chi connectivity index (χ1) is 14.4. The number of hydrazone groups is 1. The second kappa shape index (κ2) is 8.91. The largest absolute Gasteiger partial charge is 0.292 e. The molecule has 0 spiro atoms. The highest BCUT2D eigenvalue weighted by atomic mass is 35.5. The summed E-state index contributed by atoms with van der Waals surface area (Å²) in [5.41, 5.74) is 5.58. The van der Waals surface area contributed by atoms with Crippen molar-refractivity contribution < 1.29 is 4.79 Å². The molecule has 0 N–H and O–H groups in total. The Bertz CT molecular complexity index is 953. The number of carbonyl (C=O) groups is 1. The fraction of sp³-hybridized carbons (Fsp3) is 0.440. The number of benzene rings is 2. The minimum atomic E-state index is -0.0928. The minimum Gasteiger partial charge on any atom is -0.292 e. The summed E-state index contributed by atoms with van der Waals surface area (Å²) in [6.45, 7) is 7.83. The van der Waals surface area contributed by atoms with E-state index in [1.54, 1.807) is 5.01 Å². The lowest BCUT2D eigenvalue weighted by atomic mass is 9.95. The predicted octanol–water partition coefficient (Wildman–Crippen LogP) is 5.51. The first-order valence-electron chi connectivity index (χ1n) is 10.9. The van der Waals surface area contributed by atoms with Crippen molar-refractivity contribution in [3.05, 3.63) is 69.7 Å². The number of likely N-dealkylation sites (tertiary alicyclic amines) is 1. The molecule has 1 fully saturated rings. The molecule has 2 aliphatic rings. The first-order valence-corrected chi connectivity index (χ1v) is 11.3. The molecule has 1 amide bonds.